The van der Waals surface area contributed by atoms with Gasteiger partial charge in [-0.15, -0.1) is 0 Å². The summed E-state index contributed by atoms with van der Waals surface area (Å²) in [6.45, 7) is 2.31. The van der Waals surface area contributed by atoms with Crippen LogP contribution in [0.15, 0.2) is 12.1 Å². The number of rotatable bonds is 3. The summed E-state index contributed by atoms with van der Waals surface area (Å²) in [6, 6.07) is 3.15. The van der Waals surface area contributed by atoms with E-state index >= 15 is 0 Å². The molecule has 2 N–H and O–H groups in total. The van der Waals surface area contributed by atoms with Gasteiger partial charge in [0.05, 0.1) is 0 Å². The molecule has 0 unspecified atom stereocenters. The van der Waals surface area contributed by atoms with Gasteiger partial charge in [0.1, 0.15) is 5.82 Å². The minimum atomic E-state index is -0.198. The van der Waals surface area contributed by atoms with Crippen LogP contribution in [0.25, 0.3) is 0 Å². The first-order valence-corrected chi connectivity index (χ1v) is 4.67. The van der Waals surface area contributed by atoms with E-state index in [0.717, 1.165) is 18.4 Å². The summed E-state index contributed by atoms with van der Waals surface area (Å²) in [5.41, 5.74) is 6.79. The Bertz CT molecular complexity index is 299. The quantitative estimate of drug-likeness (QED) is 0.800. The van der Waals surface area contributed by atoms with Crippen LogP contribution in [-0.4, -0.2) is 6.54 Å². The Hall–Kier alpha value is -0.600. The second kappa shape index (κ2) is 4.58. The molecule has 0 amide bonds. The van der Waals surface area contributed by atoms with E-state index < -0.39 is 0 Å². The molecule has 1 aromatic carbocycles. The summed E-state index contributed by atoms with van der Waals surface area (Å²) in [5.74, 6) is -0.198. The summed E-state index contributed by atoms with van der Waals surface area (Å²) in [5, 5.41) is 0.632. The maximum atomic E-state index is 13.1. The molecule has 0 saturated heterocycles. The third-order valence-corrected chi connectivity index (χ3v) is 2.33. The zero-order chi connectivity index (χ0) is 9.84. The van der Waals surface area contributed by atoms with E-state index in [1.54, 1.807) is 13.0 Å². The van der Waals surface area contributed by atoms with Gasteiger partial charge in [-0.1, -0.05) is 11.6 Å². The molecule has 72 valence electrons. The SMILES string of the molecule is Cc1cc(Cl)c(CCCN)cc1F. The van der Waals surface area contributed by atoms with Gasteiger partial charge < -0.3 is 5.73 Å². The van der Waals surface area contributed by atoms with E-state index in [1.807, 2.05) is 0 Å². The molecule has 0 aliphatic rings. The van der Waals surface area contributed by atoms with Crippen molar-refractivity contribution in [2.24, 2.45) is 5.73 Å². The average molecular weight is 202 g/mol. The van der Waals surface area contributed by atoms with Gasteiger partial charge >= 0.3 is 0 Å². The summed E-state index contributed by atoms with van der Waals surface area (Å²) in [7, 11) is 0. The van der Waals surface area contributed by atoms with E-state index in [-0.39, 0.29) is 5.82 Å². The number of halogens is 2. The van der Waals surface area contributed by atoms with Gasteiger partial charge in [0.25, 0.3) is 0 Å². The molecular weight excluding hydrogens is 189 g/mol. The van der Waals surface area contributed by atoms with Gasteiger partial charge in [-0.25, -0.2) is 4.39 Å². The van der Waals surface area contributed by atoms with Crippen LogP contribution in [0.5, 0.6) is 0 Å². The monoisotopic (exact) mass is 201 g/mol. The first-order valence-electron chi connectivity index (χ1n) is 4.29. The summed E-state index contributed by atoms with van der Waals surface area (Å²) in [4.78, 5) is 0. The van der Waals surface area contributed by atoms with Gasteiger partial charge in [-0.2, -0.15) is 0 Å². The average Bonchev–Trinajstić information content (AvgIpc) is 2.09. The third-order valence-electron chi connectivity index (χ3n) is 1.98. The highest BCUT2D eigenvalue weighted by molar-refractivity contribution is 6.31. The van der Waals surface area contributed by atoms with Crippen molar-refractivity contribution in [3.63, 3.8) is 0 Å². The van der Waals surface area contributed by atoms with E-state index in [1.165, 1.54) is 6.07 Å². The Labute approximate surface area is 82.7 Å². The lowest BCUT2D eigenvalue weighted by atomic mass is 10.1. The van der Waals surface area contributed by atoms with Crippen LogP contribution in [0.4, 0.5) is 4.39 Å². The second-order valence-corrected chi connectivity index (χ2v) is 3.49. The molecule has 13 heavy (non-hydrogen) atoms. The Morgan fingerprint density at radius 3 is 2.77 bits per heavy atom. The van der Waals surface area contributed by atoms with Gasteiger partial charge in [-0.3, -0.25) is 0 Å². The maximum absolute atomic E-state index is 13.1. The highest BCUT2D eigenvalue weighted by Gasteiger charge is 2.04. The van der Waals surface area contributed by atoms with E-state index in [2.05, 4.69) is 0 Å². The number of benzene rings is 1. The molecule has 1 rings (SSSR count). The van der Waals surface area contributed by atoms with E-state index in [0.29, 0.717) is 17.1 Å². The molecule has 0 saturated carbocycles. The standard InChI is InChI=1S/C10H13ClFN/c1-7-5-9(11)8(3-2-4-13)6-10(7)12/h5-6H,2-4,13H2,1H3. The molecule has 0 radical (unpaired) electrons. The fourth-order valence-electron chi connectivity index (χ4n) is 1.17. The molecule has 1 aromatic rings. The van der Waals surface area contributed by atoms with Crippen molar-refractivity contribution in [3.8, 4) is 0 Å². The summed E-state index contributed by atoms with van der Waals surface area (Å²) < 4.78 is 13.1. The molecule has 3 heteroatoms. The van der Waals surface area contributed by atoms with Crippen LogP contribution >= 0.6 is 11.6 Å². The Kier molecular flexibility index (Phi) is 3.70. The third kappa shape index (κ3) is 2.68. The number of hydrogen-bond acceptors (Lipinski definition) is 1. The molecule has 0 aromatic heterocycles. The topological polar surface area (TPSA) is 26.0 Å². The van der Waals surface area contributed by atoms with Gasteiger partial charge in [-0.05, 0) is 49.6 Å². The van der Waals surface area contributed by atoms with Crippen molar-refractivity contribution < 1.29 is 4.39 Å². The lowest BCUT2D eigenvalue weighted by molar-refractivity contribution is 0.615. The van der Waals surface area contributed by atoms with Crippen molar-refractivity contribution in [3.05, 3.63) is 34.1 Å². The first kappa shape index (κ1) is 10.5. The van der Waals surface area contributed by atoms with Crippen LogP contribution in [0.1, 0.15) is 17.5 Å². The molecule has 0 heterocycles. The molecular formula is C10H13ClFN. The highest BCUT2D eigenvalue weighted by Crippen LogP contribution is 2.21. The smallest absolute Gasteiger partial charge is 0.126 e. The fourth-order valence-corrected chi connectivity index (χ4v) is 1.48. The van der Waals surface area contributed by atoms with Crippen molar-refractivity contribution in [1.29, 1.82) is 0 Å². The predicted molar refractivity (Wildman–Crippen MR) is 53.5 cm³/mol. The second-order valence-electron chi connectivity index (χ2n) is 3.09. The van der Waals surface area contributed by atoms with Gasteiger partial charge in [0.15, 0.2) is 0 Å². The number of aryl methyl sites for hydroxylation is 2. The Morgan fingerprint density at radius 1 is 1.46 bits per heavy atom. The lowest BCUT2D eigenvalue weighted by Crippen LogP contribution is -2.01. The number of nitrogens with two attached hydrogens (primary N) is 1. The molecule has 0 aliphatic heterocycles. The minimum Gasteiger partial charge on any atom is -0.330 e. The van der Waals surface area contributed by atoms with E-state index in [9.17, 15) is 4.39 Å². The largest absolute Gasteiger partial charge is 0.330 e. The van der Waals surface area contributed by atoms with Gasteiger partial charge in [0.2, 0.25) is 0 Å². The van der Waals surface area contributed by atoms with Gasteiger partial charge in [0, 0.05) is 5.02 Å². The van der Waals surface area contributed by atoms with Crippen LogP contribution in [-0.2, 0) is 6.42 Å². The lowest BCUT2D eigenvalue weighted by Gasteiger charge is -2.05. The summed E-state index contributed by atoms with van der Waals surface area (Å²) >= 11 is 5.93. The van der Waals surface area contributed by atoms with Crippen molar-refractivity contribution >= 4 is 11.6 Å². The highest BCUT2D eigenvalue weighted by atomic mass is 35.5. The normalized spacial score (nSPS) is 10.5. The van der Waals surface area contributed by atoms with Crippen LogP contribution in [0.2, 0.25) is 5.02 Å². The maximum Gasteiger partial charge on any atom is 0.126 e. The van der Waals surface area contributed by atoms with Crippen LogP contribution < -0.4 is 5.73 Å². The molecule has 0 bridgehead atoms. The van der Waals surface area contributed by atoms with Crippen molar-refractivity contribution in [2.45, 2.75) is 19.8 Å². The van der Waals surface area contributed by atoms with Crippen LogP contribution in [0, 0.1) is 12.7 Å². The number of hydrogen-bond donors (Lipinski definition) is 1. The fraction of sp³-hybridized carbons (Fsp3) is 0.400. The molecule has 0 fully saturated rings. The molecule has 0 spiro atoms. The predicted octanol–water partition coefficient (Wildman–Crippen LogP) is 2.68. The summed E-state index contributed by atoms with van der Waals surface area (Å²) in [6.07, 6.45) is 1.58. The minimum absolute atomic E-state index is 0.198. The van der Waals surface area contributed by atoms with Crippen LogP contribution in [0.3, 0.4) is 0 Å². The Morgan fingerprint density at radius 2 is 2.15 bits per heavy atom. The van der Waals surface area contributed by atoms with Crippen molar-refractivity contribution in [2.75, 3.05) is 6.54 Å². The zero-order valence-electron chi connectivity index (χ0n) is 7.61. The molecule has 1 nitrogen and oxygen atoms in total. The molecule has 0 atom stereocenters. The Balaban J connectivity index is 2.88. The zero-order valence-corrected chi connectivity index (χ0v) is 8.37. The molecule has 0 aliphatic carbocycles. The first-order chi connectivity index (χ1) is 6.15. The van der Waals surface area contributed by atoms with Crippen molar-refractivity contribution in [1.82, 2.24) is 0 Å². The van der Waals surface area contributed by atoms with E-state index in [4.69, 9.17) is 17.3 Å².